The van der Waals surface area contributed by atoms with Gasteiger partial charge in [-0.05, 0) is 74.6 Å². The fourth-order valence-electron chi connectivity index (χ4n) is 6.77. The van der Waals surface area contributed by atoms with E-state index < -0.39 is 7.12 Å². The molecule has 2 aliphatic heterocycles. The summed E-state index contributed by atoms with van der Waals surface area (Å²) >= 11 is 0. The maximum Gasteiger partial charge on any atom is 0.455 e. The van der Waals surface area contributed by atoms with Crippen LogP contribution in [-0.4, -0.2) is 59.7 Å². The standard InChI is InChI=1S/C21H38BN3O3/c23-13-14-3-1-4-16(11-14)15-7-9-25(10-8-15)21(26)20-12-17-18(22(27)28)5-2-6-19(17)24-20/h14-20,24,27-28H,1-13,23H2. The summed E-state index contributed by atoms with van der Waals surface area (Å²) in [4.78, 5) is 15.2. The van der Waals surface area contributed by atoms with Crippen molar-refractivity contribution in [2.75, 3.05) is 19.6 Å². The number of nitrogens with two attached hydrogens (primary N) is 1. The van der Waals surface area contributed by atoms with Crippen molar-refractivity contribution in [3.63, 3.8) is 0 Å². The fraction of sp³-hybridized carbons (Fsp3) is 0.952. The highest BCUT2D eigenvalue weighted by Crippen LogP contribution is 2.43. The lowest BCUT2D eigenvalue weighted by Crippen LogP contribution is -2.49. The van der Waals surface area contributed by atoms with Crippen molar-refractivity contribution in [1.29, 1.82) is 0 Å². The van der Waals surface area contributed by atoms with Crippen LogP contribution in [0.3, 0.4) is 0 Å². The maximum atomic E-state index is 13.1. The molecule has 4 fully saturated rings. The van der Waals surface area contributed by atoms with Crippen molar-refractivity contribution in [2.24, 2.45) is 29.4 Å². The van der Waals surface area contributed by atoms with Crippen LogP contribution in [0.4, 0.5) is 0 Å². The summed E-state index contributed by atoms with van der Waals surface area (Å²) in [5.74, 6) is 2.64. The van der Waals surface area contributed by atoms with Crippen molar-refractivity contribution in [3.05, 3.63) is 0 Å². The van der Waals surface area contributed by atoms with Crippen molar-refractivity contribution < 1.29 is 14.8 Å². The van der Waals surface area contributed by atoms with E-state index in [0.29, 0.717) is 5.92 Å². The van der Waals surface area contributed by atoms with E-state index in [0.717, 1.165) is 70.0 Å². The van der Waals surface area contributed by atoms with Gasteiger partial charge in [-0.25, -0.2) is 0 Å². The van der Waals surface area contributed by atoms with Crippen LogP contribution >= 0.6 is 0 Å². The van der Waals surface area contributed by atoms with E-state index in [1.807, 2.05) is 0 Å². The van der Waals surface area contributed by atoms with E-state index in [2.05, 4.69) is 10.2 Å². The summed E-state index contributed by atoms with van der Waals surface area (Å²) < 4.78 is 0. The van der Waals surface area contributed by atoms with Gasteiger partial charge in [-0.1, -0.05) is 25.7 Å². The third kappa shape index (κ3) is 4.28. The number of fused-ring (bicyclic) bond motifs is 1. The highest BCUT2D eigenvalue weighted by molar-refractivity contribution is 6.43. The summed E-state index contributed by atoms with van der Waals surface area (Å²) in [5.41, 5.74) is 5.91. The number of rotatable bonds is 4. The molecule has 7 heteroatoms. The molecule has 1 amide bonds. The lowest BCUT2D eigenvalue weighted by Gasteiger charge is -2.40. The molecule has 158 valence electrons. The van der Waals surface area contributed by atoms with Crippen molar-refractivity contribution >= 4 is 13.0 Å². The molecule has 0 bridgehead atoms. The topological polar surface area (TPSA) is 98.8 Å². The van der Waals surface area contributed by atoms with E-state index in [4.69, 9.17) is 5.73 Å². The van der Waals surface area contributed by atoms with Crippen LogP contribution in [0.25, 0.3) is 0 Å². The molecule has 0 radical (unpaired) electrons. The van der Waals surface area contributed by atoms with Gasteiger partial charge in [0.1, 0.15) is 0 Å². The summed E-state index contributed by atoms with van der Waals surface area (Å²) in [7, 11) is -1.26. The molecule has 2 heterocycles. The van der Waals surface area contributed by atoms with Crippen LogP contribution < -0.4 is 11.1 Å². The Kier molecular flexibility index (Phi) is 6.65. The number of piperidine rings is 1. The summed E-state index contributed by atoms with van der Waals surface area (Å²) in [6.45, 7) is 2.59. The van der Waals surface area contributed by atoms with Gasteiger partial charge in [-0.15, -0.1) is 0 Å². The van der Waals surface area contributed by atoms with Crippen LogP contribution in [0.5, 0.6) is 0 Å². The third-order valence-corrected chi connectivity index (χ3v) is 8.40. The molecule has 6 atom stereocenters. The van der Waals surface area contributed by atoms with Crippen LogP contribution in [0.1, 0.15) is 64.2 Å². The Labute approximate surface area is 169 Å². The minimum Gasteiger partial charge on any atom is -0.427 e. The quantitative estimate of drug-likeness (QED) is 0.543. The Morgan fingerprint density at radius 3 is 2.46 bits per heavy atom. The molecule has 0 spiro atoms. The Bertz CT molecular complexity index is 541. The second-order valence-corrected chi connectivity index (χ2v) is 9.92. The maximum absolute atomic E-state index is 13.1. The monoisotopic (exact) mass is 391 g/mol. The summed E-state index contributed by atoms with van der Waals surface area (Å²) in [5, 5.41) is 23.0. The van der Waals surface area contributed by atoms with Crippen LogP contribution in [0.2, 0.25) is 5.82 Å². The van der Waals surface area contributed by atoms with Crippen LogP contribution in [0, 0.1) is 23.7 Å². The normalized spacial score (nSPS) is 39.6. The number of nitrogens with zero attached hydrogens (tertiary/aromatic N) is 1. The molecule has 6 nitrogen and oxygen atoms in total. The largest absolute Gasteiger partial charge is 0.455 e. The zero-order valence-electron chi connectivity index (χ0n) is 17.1. The smallest absolute Gasteiger partial charge is 0.427 e. The van der Waals surface area contributed by atoms with E-state index in [9.17, 15) is 14.8 Å². The van der Waals surface area contributed by atoms with E-state index >= 15 is 0 Å². The molecule has 2 aliphatic carbocycles. The molecule has 2 saturated heterocycles. The van der Waals surface area contributed by atoms with Gasteiger partial charge in [-0.3, -0.25) is 4.79 Å². The molecule has 6 unspecified atom stereocenters. The fourth-order valence-corrected chi connectivity index (χ4v) is 6.77. The Balaban J connectivity index is 1.29. The molecule has 4 rings (SSSR count). The van der Waals surface area contributed by atoms with Crippen molar-refractivity contribution in [1.82, 2.24) is 10.2 Å². The average molecular weight is 391 g/mol. The molecule has 0 aromatic heterocycles. The molecular weight excluding hydrogens is 353 g/mol. The Hall–Kier alpha value is -0.625. The van der Waals surface area contributed by atoms with Crippen molar-refractivity contribution in [2.45, 2.75) is 82.1 Å². The van der Waals surface area contributed by atoms with Gasteiger partial charge in [0.25, 0.3) is 0 Å². The SMILES string of the molecule is NCC1CCCC(C2CCN(C(=O)C3CC4C(CCCC4B(O)O)N3)CC2)C1. The number of nitrogens with one attached hydrogen (secondary N) is 1. The number of likely N-dealkylation sites (tertiary alicyclic amines) is 1. The number of carbonyl (C=O) groups excluding carboxylic acids is 1. The molecule has 2 saturated carbocycles. The zero-order chi connectivity index (χ0) is 19.7. The van der Waals surface area contributed by atoms with Gasteiger partial charge < -0.3 is 26.0 Å². The molecule has 0 aromatic rings. The van der Waals surface area contributed by atoms with Gasteiger partial charge in [0.2, 0.25) is 5.91 Å². The summed E-state index contributed by atoms with van der Waals surface area (Å²) in [6, 6.07) is 0.129. The zero-order valence-corrected chi connectivity index (χ0v) is 17.1. The van der Waals surface area contributed by atoms with Gasteiger partial charge in [0.05, 0.1) is 6.04 Å². The molecule has 5 N–H and O–H groups in total. The molecule has 28 heavy (non-hydrogen) atoms. The van der Waals surface area contributed by atoms with Crippen LogP contribution in [-0.2, 0) is 4.79 Å². The highest BCUT2D eigenvalue weighted by Gasteiger charge is 2.47. The average Bonchev–Trinajstić information content (AvgIpc) is 3.17. The van der Waals surface area contributed by atoms with E-state index in [1.165, 1.54) is 25.7 Å². The molecule has 0 aromatic carbocycles. The predicted octanol–water partition coefficient (Wildman–Crippen LogP) is 1.36. The Morgan fingerprint density at radius 2 is 1.75 bits per heavy atom. The van der Waals surface area contributed by atoms with E-state index in [-0.39, 0.29) is 29.7 Å². The summed E-state index contributed by atoms with van der Waals surface area (Å²) in [6.07, 6.45) is 11.2. The lowest BCUT2D eigenvalue weighted by atomic mass is 9.58. The van der Waals surface area contributed by atoms with Gasteiger partial charge in [-0.2, -0.15) is 0 Å². The van der Waals surface area contributed by atoms with Gasteiger partial charge >= 0.3 is 7.12 Å². The predicted molar refractivity (Wildman–Crippen MR) is 110 cm³/mol. The third-order valence-electron chi connectivity index (χ3n) is 8.40. The first-order valence-electron chi connectivity index (χ1n) is 11.7. The number of hydrogen-bond donors (Lipinski definition) is 4. The second kappa shape index (κ2) is 9.03. The first-order valence-corrected chi connectivity index (χ1v) is 11.7. The minimum absolute atomic E-state index is 0.0865. The first kappa shape index (κ1) is 20.6. The van der Waals surface area contributed by atoms with Gasteiger partial charge in [0.15, 0.2) is 0 Å². The highest BCUT2D eigenvalue weighted by atomic mass is 16.4. The van der Waals surface area contributed by atoms with E-state index in [1.54, 1.807) is 0 Å². The van der Waals surface area contributed by atoms with Crippen LogP contribution in [0.15, 0.2) is 0 Å². The van der Waals surface area contributed by atoms with Crippen molar-refractivity contribution in [3.8, 4) is 0 Å². The lowest BCUT2D eigenvalue weighted by molar-refractivity contribution is -0.135. The molecular formula is C21H38BN3O3. The number of hydrogen-bond acceptors (Lipinski definition) is 5. The number of amides is 1. The second-order valence-electron chi connectivity index (χ2n) is 9.92. The number of carbonyl (C=O) groups is 1. The Morgan fingerprint density at radius 1 is 1.00 bits per heavy atom. The van der Waals surface area contributed by atoms with Gasteiger partial charge in [0, 0.05) is 19.1 Å². The first-order chi connectivity index (χ1) is 13.6. The minimum atomic E-state index is -1.26. The molecule has 4 aliphatic rings.